The molecule has 1 aliphatic rings. The highest BCUT2D eigenvalue weighted by atomic mass is 16.6. The number of esters is 2. The second-order valence-electron chi connectivity index (χ2n) is 7.83. The van der Waals surface area contributed by atoms with Gasteiger partial charge in [0.1, 0.15) is 0 Å². The van der Waals surface area contributed by atoms with Crippen molar-refractivity contribution in [3.05, 3.63) is 71.8 Å². The molecule has 33 heavy (non-hydrogen) atoms. The SMILES string of the molecule is C[C@@H](Cc1cccc2ccccc12)NC[C@@H](O)c1cc(O)c2c(O)c1OC(=O)/C=C/C(=O)O2. The summed E-state index contributed by atoms with van der Waals surface area (Å²) in [6, 6.07) is 15.3. The summed E-state index contributed by atoms with van der Waals surface area (Å²) < 4.78 is 9.97. The lowest BCUT2D eigenvalue weighted by Gasteiger charge is -2.21. The zero-order valence-electron chi connectivity index (χ0n) is 17.8. The molecule has 4 N–H and O–H groups in total. The maximum atomic E-state index is 11.9. The first-order valence-corrected chi connectivity index (χ1v) is 10.4. The van der Waals surface area contributed by atoms with Gasteiger partial charge in [-0.05, 0) is 35.7 Å². The number of aliphatic hydroxyl groups is 1. The summed E-state index contributed by atoms with van der Waals surface area (Å²) in [6.07, 6.45) is 1.10. The average molecular weight is 449 g/mol. The third-order valence-corrected chi connectivity index (χ3v) is 5.40. The van der Waals surface area contributed by atoms with E-state index in [9.17, 15) is 24.9 Å². The number of fused-ring (bicyclic) bond motifs is 3. The van der Waals surface area contributed by atoms with Crippen LogP contribution in [0.15, 0.2) is 60.7 Å². The molecule has 0 unspecified atom stereocenters. The monoisotopic (exact) mass is 449 g/mol. The lowest BCUT2D eigenvalue weighted by atomic mass is 9.99. The van der Waals surface area contributed by atoms with E-state index in [1.807, 2.05) is 25.1 Å². The Morgan fingerprint density at radius 3 is 2.36 bits per heavy atom. The Morgan fingerprint density at radius 1 is 0.939 bits per heavy atom. The summed E-state index contributed by atoms with van der Waals surface area (Å²) in [5.74, 6) is -4.17. The molecule has 8 heteroatoms. The molecule has 0 amide bonds. The number of aliphatic hydroxyl groups excluding tert-OH is 1. The van der Waals surface area contributed by atoms with Gasteiger partial charge in [0.25, 0.3) is 0 Å². The second kappa shape index (κ2) is 9.32. The zero-order valence-corrected chi connectivity index (χ0v) is 17.8. The van der Waals surface area contributed by atoms with E-state index in [1.165, 1.54) is 0 Å². The Hall–Kier alpha value is -3.88. The summed E-state index contributed by atoms with van der Waals surface area (Å²) in [6.45, 7) is 2.02. The molecule has 1 heterocycles. The number of phenolic OH excluding ortho intramolecular Hbond substituents is 2. The number of hydrogen-bond acceptors (Lipinski definition) is 8. The smallest absolute Gasteiger partial charge is 0.336 e. The molecule has 4 rings (SSSR count). The van der Waals surface area contributed by atoms with E-state index in [0.717, 1.165) is 34.6 Å². The minimum Gasteiger partial charge on any atom is -0.504 e. The van der Waals surface area contributed by atoms with Crippen molar-refractivity contribution in [2.24, 2.45) is 0 Å². The largest absolute Gasteiger partial charge is 0.504 e. The van der Waals surface area contributed by atoms with Crippen molar-refractivity contribution < 1.29 is 34.4 Å². The molecule has 3 aromatic rings. The predicted octanol–water partition coefficient (Wildman–Crippen LogP) is 2.89. The molecule has 0 spiro atoms. The Morgan fingerprint density at radius 2 is 1.61 bits per heavy atom. The third-order valence-electron chi connectivity index (χ3n) is 5.40. The van der Waals surface area contributed by atoms with Crippen molar-refractivity contribution in [2.75, 3.05) is 6.54 Å². The van der Waals surface area contributed by atoms with Crippen LogP contribution in [0.25, 0.3) is 10.8 Å². The number of rotatable bonds is 6. The molecular weight excluding hydrogens is 426 g/mol. The topological polar surface area (TPSA) is 125 Å². The van der Waals surface area contributed by atoms with Gasteiger partial charge in [0.2, 0.25) is 11.5 Å². The minimum atomic E-state index is -1.24. The van der Waals surface area contributed by atoms with Crippen molar-refractivity contribution >= 4 is 22.7 Å². The molecule has 1 aliphatic heterocycles. The molecule has 170 valence electrons. The first-order chi connectivity index (χ1) is 15.8. The normalized spacial score (nSPS) is 16.2. The summed E-state index contributed by atoms with van der Waals surface area (Å²) in [7, 11) is 0. The lowest BCUT2D eigenvalue weighted by molar-refractivity contribution is -0.131. The number of hydrogen-bond donors (Lipinski definition) is 4. The minimum absolute atomic E-state index is 0.0242. The predicted molar refractivity (Wildman–Crippen MR) is 120 cm³/mol. The van der Waals surface area contributed by atoms with Crippen LogP contribution < -0.4 is 14.8 Å². The highest BCUT2D eigenvalue weighted by Gasteiger charge is 2.28. The average Bonchev–Trinajstić information content (AvgIpc) is 2.83. The van der Waals surface area contributed by atoms with Crippen LogP contribution in [0.2, 0.25) is 0 Å². The van der Waals surface area contributed by atoms with Crippen LogP contribution >= 0.6 is 0 Å². The molecule has 0 radical (unpaired) electrons. The number of benzene rings is 3. The van der Waals surface area contributed by atoms with Gasteiger partial charge in [-0.1, -0.05) is 42.5 Å². The molecular formula is C25H23NO7. The van der Waals surface area contributed by atoms with Gasteiger partial charge in [0.05, 0.1) is 6.10 Å². The van der Waals surface area contributed by atoms with Gasteiger partial charge in [0, 0.05) is 30.3 Å². The van der Waals surface area contributed by atoms with Gasteiger partial charge in [-0.2, -0.15) is 0 Å². The Balaban J connectivity index is 1.52. The van der Waals surface area contributed by atoms with Crippen LogP contribution in [-0.2, 0) is 16.0 Å². The van der Waals surface area contributed by atoms with Crippen molar-refractivity contribution in [3.8, 4) is 23.0 Å². The van der Waals surface area contributed by atoms with Crippen LogP contribution in [0.1, 0.15) is 24.2 Å². The molecule has 2 bridgehead atoms. The molecule has 0 saturated carbocycles. The molecule has 0 aromatic heterocycles. The fourth-order valence-corrected chi connectivity index (χ4v) is 3.80. The van der Waals surface area contributed by atoms with Crippen molar-refractivity contribution in [2.45, 2.75) is 25.5 Å². The number of aromatic hydroxyl groups is 2. The molecule has 3 aromatic carbocycles. The van der Waals surface area contributed by atoms with Gasteiger partial charge in [-0.15, -0.1) is 0 Å². The number of phenols is 2. The summed E-state index contributed by atoms with van der Waals surface area (Å²) in [5, 5.41) is 36.9. The van der Waals surface area contributed by atoms with E-state index in [1.54, 1.807) is 0 Å². The number of ether oxygens (including phenoxy) is 2. The number of nitrogens with one attached hydrogen (secondary N) is 1. The molecule has 2 atom stereocenters. The lowest BCUT2D eigenvalue weighted by Crippen LogP contribution is -2.32. The van der Waals surface area contributed by atoms with E-state index >= 15 is 0 Å². The van der Waals surface area contributed by atoms with Crippen molar-refractivity contribution in [1.82, 2.24) is 5.32 Å². The van der Waals surface area contributed by atoms with Crippen LogP contribution in [0.4, 0.5) is 0 Å². The number of carbonyl (C=O) groups is 2. The Kier molecular flexibility index (Phi) is 6.30. The third kappa shape index (κ3) is 4.82. The first-order valence-electron chi connectivity index (χ1n) is 10.4. The molecule has 8 nitrogen and oxygen atoms in total. The molecule has 0 saturated heterocycles. The van der Waals surface area contributed by atoms with Gasteiger partial charge in [-0.25, -0.2) is 9.59 Å². The number of carbonyl (C=O) groups excluding carboxylic acids is 2. The van der Waals surface area contributed by atoms with Gasteiger partial charge < -0.3 is 30.1 Å². The second-order valence-corrected chi connectivity index (χ2v) is 7.83. The van der Waals surface area contributed by atoms with E-state index in [2.05, 4.69) is 29.6 Å². The standard InChI is InChI=1S/C25H23NO7/c1-14(11-16-7-4-6-15-5-2-3-8-17(15)16)26-13-20(28)18-12-19(27)25-23(31)24(18)32-21(29)9-10-22(30)33-25/h2-10,12,14,20,26-28,31H,11,13H2,1H3/b10-9+/t14-,20+/m0/s1. The van der Waals surface area contributed by atoms with E-state index in [0.29, 0.717) is 6.42 Å². The van der Waals surface area contributed by atoms with Gasteiger partial charge >= 0.3 is 11.9 Å². The van der Waals surface area contributed by atoms with Crippen LogP contribution in [0, 0.1) is 0 Å². The van der Waals surface area contributed by atoms with Crippen molar-refractivity contribution in [1.29, 1.82) is 0 Å². The summed E-state index contributed by atoms with van der Waals surface area (Å²) >= 11 is 0. The Labute approximate surface area is 189 Å². The zero-order chi connectivity index (χ0) is 23.5. The van der Waals surface area contributed by atoms with Gasteiger partial charge in [0.15, 0.2) is 11.5 Å². The highest BCUT2D eigenvalue weighted by Crippen LogP contribution is 2.47. The van der Waals surface area contributed by atoms with Crippen molar-refractivity contribution in [3.63, 3.8) is 0 Å². The maximum Gasteiger partial charge on any atom is 0.336 e. The van der Waals surface area contributed by atoms with Crippen LogP contribution in [-0.4, -0.2) is 39.8 Å². The highest BCUT2D eigenvalue weighted by molar-refractivity contribution is 5.95. The van der Waals surface area contributed by atoms with E-state index in [4.69, 9.17) is 9.47 Å². The fourth-order valence-electron chi connectivity index (χ4n) is 3.80. The summed E-state index contributed by atoms with van der Waals surface area (Å²) in [5.41, 5.74) is 1.13. The van der Waals surface area contributed by atoms with E-state index in [-0.39, 0.29) is 23.9 Å². The van der Waals surface area contributed by atoms with Gasteiger partial charge in [-0.3, -0.25) is 0 Å². The summed E-state index contributed by atoms with van der Waals surface area (Å²) in [4.78, 5) is 23.6. The molecule has 0 aliphatic carbocycles. The Bertz CT molecular complexity index is 1250. The fraction of sp³-hybridized carbons (Fsp3) is 0.200. The van der Waals surface area contributed by atoms with Crippen LogP contribution in [0.3, 0.4) is 0 Å². The maximum absolute atomic E-state index is 11.9. The quantitative estimate of drug-likeness (QED) is 0.334. The first kappa shape index (κ1) is 22.3. The molecule has 0 fully saturated rings. The van der Waals surface area contributed by atoms with Crippen LogP contribution in [0.5, 0.6) is 23.0 Å². The van der Waals surface area contributed by atoms with E-state index < -0.39 is 35.3 Å².